The van der Waals surface area contributed by atoms with Crippen LogP contribution in [-0.2, 0) is 6.54 Å². The molecule has 1 aliphatic rings. The van der Waals surface area contributed by atoms with Crippen molar-refractivity contribution in [3.05, 3.63) is 46.8 Å². The lowest BCUT2D eigenvalue weighted by atomic mass is 10.3. The van der Waals surface area contributed by atoms with Gasteiger partial charge in [0.15, 0.2) is 5.96 Å². The highest BCUT2D eigenvalue weighted by molar-refractivity contribution is 7.07. The summed E-state index contributed by atoms with van der Waals surface area (Å²) >= 11 is 1.71. The molecule has 1 saturated heterocycles. The number of hydrogen-bond acceptors (Lipinski definition) is 4. The number of pyridine rings is 1. The molecular formula is C16H20N4OS. The van der Waals surface area contributed by atoms with Crippen molar-refractivity contribution in [3.63, 3.8) is 0 Å². The fourth-order valence-corrected chi connectivity index (χ4v) is 3.18. The minimum Gasteiger partial charge on any atom is -0.472 e. The average molecular weight is 316 g/mol. The first-order valence-electron chi connectivity index (χ1n) is 7.39. The Balaban J connectivity index is 1.52. The second-order valence-corrected chi connectivity index (χ2v) is 5.95. The van der Waals surface area contributed by atoms with Crippen LogP contribution < -0.4 is 10.1 Å². The summed E-state index contributed by atoms with van der Waals surface area (Å²) in [5, 5.41) is 7.65. The van der Waals surface area contributed by atoms with Crippen molar-refractivity contribution >= 4 is 17.3 Å². The van der Waals surface area contributed by atoms with Crippen LogP contribution in [0.1, 0.15) is 12.0 Å². The molecule has 1 atom stereocenters. The van der Waals surface area contributed by atoms with Crippen molar-refractivity contribution < 1.29 is 4.74 Å². The van der Waals surface area contributed by atoms with Gasteiger partial charge in [0, 0.05) is 38.8 Å². The zero-order valence-corrected chi connectivity index (χ0v) is 13.4. The minimum atomic E-state index is 0.162. The van der Waals surface area contributed by atoms with Gasteiger partial charge in [-0.25, -0.2) is 4.98 Å². The highest BCUT2D eigenvalue weighted by Gasteiger charge is 2.26. The molecule has 0 radical (unpaired) electrons. The van der Waals surface area contributed by atoms with Crippen LogP contribution in [0.5, 0.6) is 5.88 Å². The summed E-state index contributed by atoms with van der Waals surface area (Å²) in [6, 6.07) is 7.86. The first-order chi connectivity index (χ1) is 10.8. The normalized spacial score (nSPS) is 18.5. The maximum Gasteiger partial charge on any atom is 0.213 e. The maximum atomic E-state index is 5.92. The number of aliphatic imine (C=N–C) groups is 1. The highest BCUT2D eigenvalue weighted by atomic mass is 32.1. The lowest BCUT2D eigenvalue weighted by Crippen LogP contribution is -2.40. The topological polar surface area (TPSA) is 49.8 Å². The molecule has 0 saturated carbocycles. The van der Waals surface area contributed by atoms with Crippen LogP contribution in [0, 0.1) is 0 Å². The summed E-state index contributed by atoms with van der Waals surface area (Å²) in [6.07, 6.45) is 2.90. The molecule has 5 nitrogen and oxygen atoms in total. The summed E-state index contributed by atoms with van der Waals surface area (Å²) in [5.41, 5.74) is 1.28. The summed E-state index contributed by atoms with van der Waals surface area (Å²) in [4.78, 5) is 10.8. The standard InChI is InChI=1S/C16H20N4OS/c1-17-16(19-10-13-6-9-22-12-13)20-8-5-14(11-20)21-15-4-2-3-7-18-15/h2-4,6-7,9,12,14H,5,8,10-11H2,1H3,(H,17,19). The number of nitrogens with one attached hydrogen (secondary N) is 1. The third-order valence-electron chi connectivity index (χ3n) is 3.61. The second-order valence-electron chi connectivity index (χ2n) is 5.17. The van der Waals surface area contributed by atoms with Crippen LogP contribution in [0.25, 0.3) is 0 Å². The Kier molecular flexibility index (Phi) is 4.90. The van der Waals surface area contributed by atoms with Crippen molar-refractivity contribution in [1.82, 2.24) is 15.2 Å². The lowest BCUT2D eigenvalue weighted by molar-refractivity contribution is 0.205. The fourth-order valence-electron chi connectivity index (χ4n) is 2.51. The van der Waals surface area contributed by atoms with Crippen molar-refractivity contribution in [1.29, 1.82) is 0 Å². The van der Waals surface area contributed by atoms with Gasteiger partial charge in [-0.1, -0.05) is 6.07 Å². The molecule has 1 fully saturated rings. The van der Waals surface area contributed by atoms with Gasteiger partial charge in [-0.15, -0.1) is 0 Å². The smallest absolute Gasteiger partial charge is 0.213 e. The van der Waals surface area contributed by atoms with Gasteiger partial charge in [-0.3, -0.25) is 4.99 Å². The van der Waals surface area contributed by atoms with Crippen LogP contribution >= 0.6 is 11.3 Å². The van der Waals surface area contributed by atoms with E-state index in [1.54, 1.807) is 17.5 Å². The molecule has 3 rings (SSSR count). The predicted octanol–water partition coefficient (Wildman–Crippen LogP) is 2.37. The number of aromatic nitrogens is 1. The zero-order chi connectivity index (χ0) is 15.2. The van der Waals surface area contributed by atoms with Gasteiger partial charge >= 0.3 is 0 Å². The van der Waals surface area contributed by atoms with Gasteiger partial charge in [-0.05, 0) is 28.5 Å². The van der Waals surface area contributed by atoms with Crippen molar-refractivity contribution in [2.24, 2.45) is 4.99 Å². The fraction of sp³-hybridized carbons (Fsp3) is 0.375. The summed E-state index contributed by atoms with van der Waals surface area (Å²) in [5.74, 6) is 1.62. The molecule has 0 spiro atoms. The average Bonchev–Trinajstić information content (AvgIpc) is 3.21. The van der Waals surface area contributed by atoms with Crippen LogP contribution in [0.2, 0.25) is 0 Å². The molecule has 0 amide bonds. The van der Waals surface area contributed by atoms with E-state index in [2.05, 4.69) is 37.0 Å². The van der Waals surface area contributed by atoms with Crippen molar-refractivity contribution in [3.8, 4) is 5.88 Å². The molecule has 22 heavy (non-hydrogen) atoms. The van der Waals surface area contributed by atoms with Crippen LogP contribution in [0.15, 0.2) is 46.2 Å². The molecule has 0 aliphatic carbocycles. The predicted molar refractivity (Wildman–Crippen MR) is 89.4 cm³/mol. The van der Waals surface area contributed by atoms with Crippen LogP contribution in [-0.4, -0.2) is 42.1 Å². The van der Waals surface area contributed by atoms with E-state index in [9.17, 15) is 0 Å². The minimum absolute atomic E-state index is 0.162. The summed E-state index contributed by atoms with van der Waals surface area (Å²) in [7, 11) is 1.82. The van der Waals surface area contributed by atoms with E-state index in [4.69, 9.17) is 4.74 Å². The number of likely N-dealkylation sites (tertiary alicyclic amines) is 1. The molecule has 0 bridgehead atoms. The van der Waals surface area contributed by atoms with E-state index < -0.39 is 0 Å². The molecule has 1 N–H and O–H groups in total. The Hall–Kier alpha value is -2.08. The van der Waals surface area contributed by atoms with Gasteiger partial charge in [-0.2, -0.15) is 11.3 Å². The Morgan fingerprint density at radius 2 is 2.45 bits per heavy atom. The van der Waals surface area contributed by atoms with E-state index in [-0.39, 0.29) is 6.10 Å². The highest BCUT2D eigenvalue weighted by Crippen LogP contribution is 2.16. The Morgan fingerprint density at radius 1 is 1.50 bits per heavy atom. The molecule has 2 aromatic heterocycles. The third kappa shape index (κ3) is 3.76. The Morgan fingerprint density at radius 3 is 3.18 bits per heavy atom. The zero-order valence-electron chi connectivity index (χ0n) is 12.6. The van der Waals surface area contributed by atoms with Crippen LogP contribution in [0.4, 0.5) is 0 Å². The van der Waals surface area contributed by atoms with Gasteiger partial charge in [0.05, 0.1) is 6.54 Å². The van der Waals surface area contributed by atoms with Crippen molar-refractivity contribution in [2.45, 2.75) is 19.1 Å². The van der Waals surface area contributed by atoms with E-state index in [0.717, 1.165) is 32.0 Å². The van der Waals surface area contributed by atoms with E-state index in [0.29, 0.717) is 5.88 Å². The van der Waals surface area contributed by atoms with Crippen LogP contribution in [0.3, 0.4) is 0 Å². The number of hydrogen-bond donors (Lipinski definition) is 1. The monoisotopic (exact) mass is 316 g/mol. The molecule has 1 aliphatic heterocycles. The Bertz CT molecular complexity index is 600. The number of nitrogens with zero attached hydrogens (tertiary/aromatic N) is 3. The quantitative estimate of drug-likeness (QED) is 0.695. The van der Waals surface area contributed by atoms with E-state index >= 15 is 0 Å². The molecule has 0 aromatic carbocycles. The van der Waals surface area contributed by atoms with E-state index in [1.165, 1.54) is 5.56 Å². The number of rotatable bonds is 4. The molecule has 116 valence electrons. The maximum absolute atomic E-state index is 5.92. The summed E-state index contributed by atoms with van der Waals surface area (Å²) < 4.78 is 5.92. The second kappa shape index (κ2) is 7.26. The largest absolute Gasteiger partial charge is 0.472 e. The summed E-state index contributed by atoms with van der Waals surface area (Å²) in [6.45, 7) is 2.58. The molecule has 3 heterocycles. The SMILES string of the molecule is CN=C(NCc1ccsc1)N1CCC(Oc2ccccn2)C1. The number of ether oxygens (including phenoxy) is 1. The molecule has 2 aromatic rings. The van der Waals surface area contributed by atoms with Gasteiger partial charge in [0.25, 0.3) is 0 Å². The van der Waals surface area contributed by atoms with Crippen molar-refractivity contribution in [2.75, 3.05) is 20.1 Å². The lowest BCUT2D eigenvalue weighted by Gasteiger charge is -2.21. The Labute approximate surface area is 134 Å². The number of thiophene rings is 1. The van der Waals surface area contributed by atoms with Gasteiger partial charge in [0.2, 0.25) is 5.88 Å². The third-order valence-corrected chi connectivity index (χ3v) is 4.34. The molecular weight excluding hydrogens is 296 g/mol. The van der Waals surface area contributed by atoms with Gasteiger partial charge < -0.3 is 15.0 Å². The molecule has 6 heteroatoms. The van der Waals surface area contributed by atoms with Gasteiger partial charge in [0.1, 0.15) is 6.10 Å². The van der Waals surface area contributed by atoms with E-state index in [1.807, 2.05) is 25.2 Å². The molecule has 1 unspecified atom stereocenters. The first kappa shape index (κ1) is 14.8. The number of guanidine groups is 1. The first-order valence-corrected chi connectivity index (χ1v) is 8.34.